The quantitative estimate of drug-likeness (QED) is 0.695. The molecule has 0 radical (unpaired) electrons. The number of ether oxygens (including phenoxy) is 1. The summed E-state index contributed by atoms with van der Waals surface area (Å²) in [5.74, 6) is -0.235. The van der Waals surface area contributed by atoms with Crippen LogP contribution in [0.2, 0.25) is 10.0 Å². The number of hydrogen-bond acceptors (Lipinski definition) is 4. The lowest BCUT2D eigenvalue weighted by Gasteiger charge is -2.15. The largest absolute Gasteiger partial charge is 0.495 e. The first-order valence-electron chi connectivity index (χ1n) is 7.67. The minimum atomic E-state index is -0.591. The minimum Gasteiger partial charge on any atom is -0.495 e. The molecule has 1 aliphatic heterocycles. The number of methoxy groups -OCH3 is 1. The monoisotopic (exact) mass is 413 g/mol. The van der Waals surface area contributed by atoms with Crippen molar-refractivity contribution in [2.75, 3.05) is 7.11 Å². The molecule has 0 bridgehead atoms. The van der Waals surface area contributed by atoms with E-state index in [-0.39, 0.29) is 29.9 Å². The lowest BCUT2D eigenvalue weighted by molar-refractivity contribution is -0.127. The molecule has 4 nitrogen and oxygen atoms in total. The second-order valence-electron chi connectivity index (χ2n) is 5.71. The molecule has 0 spiro atoms. The lowest BCUT2D eigenvalue weighted by Crippen LogP contribution is -2.31. The maximum atomic E-state index is 13.0. The normalized spacial score (nSPS) is 17.1. The van der Waals surface area contributed by atoms with Gasteiger partial charge in [0.1, 0.15) is 11.6 Å². The fourth-order valence-electron chi connectivity index (χ4n) is 2.74. The second-order valence-corrected chi connectivity index (χ2v) is 7.70. The van der Waals surface area contributed by atoms with Crippen LogP contribution in [0.15, 0.2) is 36.4 Å². The molecule has 3 rings (SSSR count). The van der Waals surface area contributed by atoms with Gasteiger partial charge in [-0.05, 0) is 41.8 Å². The van der Waals surface area contributed by atoms with Crippen molar-refractivity contribution >= 4 is 46.1 Å². The van der Waals surface area contributed by atoms with Crippen LogP contribution < -0.4 is 4.74 Å². The van der Waals surface area contributed by atoms with Crippen LogP contribution >= 0.6 is 35.0 Å². The number of imide groups is 1. The highest BCUT2D eigenvalue weighted by atomic mass is 35.5. The van der Waals surface area contributed by atoms with Crippen molar-refractivity contribution in [2.24, 2.45) is 0 Å². The third-order valence-corrected chi connectivity index (χ3v) is 5.53. The third kappa shape index (κ3) is 3.98. The van der Waals surface area contributed by atoms with Gasteiger partial charge in [0.2, 0.25) is 5.91 Å². The standard InChI is InChI=1S/C18H14Cl2FNO3S/c1-25-16-11(6-12(19)8-14(16)20)7-15-17(23)22(18(24)26-15)9-10-2-4-13(21)5-3-10/h2-6,8,15H,7,9H2,1H3/t15-/m1/s1. The van der Waals surface area contributed by atoms with Gasteiger partial charge < -0.3 is 4.74 Å². The third-order valence-electron chi connectivity index (χ3n) is 3.95. The van der Waals surface area contributed by atoms with E-state index < -0.39 is 5.25 Å². The van der Waals surface area contributed by atoms with E-state index in [0.29, 0.717) is 26.9 Å². The van der Waals surface area contributed by atoms with E-state index in [0.717, 1.165) is 11.8 Å². The predicted octanol–water partition coefficient (Wildman–Crippen LogP) is 4.95. The molecule has 1 heterocycles. The van der Waals surface area contributed by atoms with E-state index in [1.54, 1.807) is 24.3 Å². The summed E-state index contributed by atoms with van der Waals surface area (Å²) in [6, 6.07) is 8.92. The topological polar surface area (TPSA) is 46.6 Å². The number of halogens is 3. The van der Waals surface area contributed by atoms with Crippen LogP contribution in [0, 0.1) is 5.82 Å². The van der Waals surface area contributed by atoms with Gasteiger partial charge in [0, 0.05) is 5.02 Å². The van der Waals surface area contributed by atoms with Crippen molar-refractivity contribution in [3.8, 4) is 5.75 Å². The Bertz CT molecular complexity index is 860. The maximum Gasteiger partial charge on any atom is 0.289 e. The summed E-state index contributed by atoms with van der Waals surface area (Å²) >= 11 is 13.1. The number of thioether (sulfide) groups is 1. The van der Waals surface area contributed by atoms with Crippen molar-refractivity contribution in [3.63, 3.8) is 0 Å². The molecule has 8 heteroatoms. The summed E-state index contributed by atoms with van der Waals surface area (Å²) in [5, 5.41) is -0.154. The van der Waals surface area contributed by atoms with E-state index in [4.69, 9.17) is 27.9 Å². The fraction of sp³-hybridized carbons (Fsp3) is 0.222. The summed E-state index contributed by atoms with van der Waals surface area (Å²) in [6.45, 7) is 0.106. The molecule has 0 aliphatic carbocycles. The molecule has 0 unspecified atom stereocenters. The summed E-state index contributed by atoms with van der Waals surface area (Å²) in [6.07, 6.45) is 0.263. The molecule has 1 aliphatic rings. The van der Waals surface area contributed by atoms with Gasteiger partial charge in [-0.15, -0.1) is 0 Å². The van der Waals surface area contributed by atoms with Gasteiger partial charge in [-0.3, -0.25) is 14.5 Å². The Morgan fingerprint density at radius 2 is 1.88 bits per heavy atom. The lowest BCUT2D eigenvalue weighted by atomic mass is 10.1. The van der Waals surface area contributed by atoms with E-state index in [2.05, 4.69) is 0 Å². The van der Waals surface area contributed by atoms with Crippen LogP contribution in [0.25, 0.3) is 0 Å². The molecule has 2 aromatic rings. The molecular weight excluding hydrogens is 400 g/mol. The summed E-state index contributed by atoms with van der Waals surface area (Å²) in [5.41, 5.74) is 1.34. The van der Waals surface area contributed by atoms with Crippen LogP contribution in [-0.4, -0.2) is 28.4 Å². The Morgan fingerprint density at radius 1 is 1.19 bits per heavy atom. The number of amides is 2. The first-order chi connectivity index (χ1) is 12.4. The molecule has 0 aromatic heterocycles. The van der Waals surface area contributed by atoms with E-state index >= 15 is 0 Å². The molecule has 2 aromatic carbocycles. The Labute approximate surface area is 164 Å². The van der Waals surface area contributed by atoms with Crippen molar-refractivity contribution < 1.29 is 18.7 Å². The predicted molar refractivity (Wildman–Crippen MR) is 100 cm³/mol. The molecule has 26 heavy (non-hydrogen) atoms. The highest BCUT2D eigenvalue weighted by Gasteiger charge is 2.40. The SMILES string of the molecule is COc1c(Cl)cc(Cl)cc1C[C@H]1SC(=O)N(Cc2ccc(F)cc2)C1=O. The van der Waals surface area contributed by atoms with Gasteiger partial charge in [0.05, 0.1) is 23.9 Å². The molecule has 1 fully saturated rings. The molecule has 1 atom stereocenters. The van der Waals surface area contributed by atoms with Crippen LogP contribution in [0.5, 0.6) is 5.75 Å². The number of benzene rings is 2. The zero-order chi connectivity index (χ0) is 18.8. The van der Waals surface area contributed by atoms with Crippen LogP contribution in [-0.2, 0) is 17.8 Å². The van der Waals surface area contributed by atoms with Crippen molar-refractivity contribution in [2.45, 2.75) is 18.2 Å². The number of rotatable bonds is 5. The molecule has 0 N–H and O–H groups in total. The second kappa shape index (κ2) is 7.86. The average Bonchev–Trinajstić information content (AvgIpc) is 2.84. The van der Waals surface area contributed by atoms with Crippen LogP contribution in [0.4, 0.5) is 9.18 Å². The Morgan fingerprint density at radius 3 is 2.54 bits per heavy atom. The zero-order valence-electron chi connectivity index (χ0n) is 13.7. The van der Waals surface area contributed by atoms with E-state index in [1.807, 2.05) is 0 Å². The van der Waals surface area contributed by atoms with Gasteiger partial charge in [-0.2, -0.15) is 0 Å². The van der Waals surface area contributed by atoms with Gasteiger partial charge in [0.25, 0.3) is 5.24 Å². The minimum absolute atomic E-state index is 0.106. The van der Waals surface area contributed by atoms with Gasteiger partial charge in [0.15, 0.2) is 0 Å². The van der Waals surface area contributed by atoms with Gasteiger partial charge >= 0.3 is 0 Å². The Balaban J connectivity index is 1.78. The zero-order valence-corrected chi connectivity index (χ0v) is 16.0. The number of nitrogens with zero attached hydrogens (tertiary/aromatic N) is 1. The molecule has 1 saturated heterocycles. The highest BCUT2D eigenvalue weighted by Crippen LogP contribution is 2.37. The van der Waals surface area contributed by atoms with Gasteiger partial charge in [-0.1, -0.05) is 47.1 Å². The molecule has 2 amide bonds. The smallest absolute Gasteiger partial charge is 0.289 e. The Kier molecular flexibility index (Phi) is 5.75. The first-order valence-corrected chi connectivity index (χ1v) is 9.31. The molecular formula is C18H14Cl2FNO3S. The number of carbonyl (C=O) groups is 2. The average molecular weight is 414 g/mol. The summed E-state index contributed by atoms with van der Waals surface area (Å²) in [7, 11) is 1.48. The molecule has 136 valence electrons. The van der Waals surface area contributed by atoms with E-state index in [1.165, 1.54) is 24.1 Å². The van der Waals surface area contributed by atoms with Crippen molar-refractivity contribution in [1.82, 2.24) is 4.90 Å². The van der Waals surface area contributed by atoms with Crippen molar-refractivity contribution in [1.29, 1.82) is 0 Å². The summed E-state index contributed by atoms with van der Waals surface area (Å²) in [4.78, 5) is 26.1. The summed E-state index contributed by atoms with van der Waals surface area (Å²) < 4.78 is 18.3. The molecule has 0 saturated carbocycles. The van der Waals surface area contributed by atoms with Crippen molar-refractivity contribution in [3.05, 3.63) is 63.4 Å². The first kappa shape index (κ1) is 19.0. The number of carbonyl (C=O) groups excluding carboxylic acids is 2. The van der Waals surface area contributed by atoms with Crippen LogP contribution in [0.3, 0.4) is 0 Å². The van der Waals surface area contributed by atoms with Crippen LogP contribution in [0.1, 0.15) is 11.1 Å². The Hall–Kier alpha value is -1.76. The maximum absolute atomic E-state index is 13.0. The van der Waals surface area contributed by atoms with Gasteiger partial charge in [-0.25, -0.2) is 4.39 Å². The number of hydrogen-bond donors (Lipinski definition) is 0. The fourth-order valence-corrected chi connectivity index (χ4v) is 4.37. The highest BCUT2D eigenvalue weighted by molar-refractivity contribution is 8.15. The van der Waals surface area contributed by atoms with E-state index in [9.17, 15) is 14.0 Å².